The average molecular weight is 139 g/mol. The van der Waals surface area contributed by atoms with E-state index in [1.54, 1.807) is 0 Å². The highest BCUT2D eigenvalue weighted by atomic mass is 14.6. The predicted molar refractivity (Wildman–Crippen MR) is 45.5 cm³/mol. The Morgan fingerprint density at radius 3 is 2.30 bits per heavy atom. The Bertz CT molecular complexity index is 125. The van der Waals surface area contributed by atoms with Gasteiger partial charge in [0.05, 0.1) is 6.04 Å². The molecule has 2 N–H and O–H groups in total. The molecule has 0 aliphatic heterocycles. The maximum Gasteiger partial charge on any atom is 0.0662 e. The SMILES string of the molecule is C#CC(N)CCC(C)(C)C. The van der Waals surface area contributed by atoms with E-state index in [2.05, 4.69) is 26.7 Å². The summed E-state index contributed by atoms with van der Waals surface area (Å²) in [6.45, 7) is 6.57. The molecule has 0 bridgehead atoms. The van der Waals surface area contributed by atoms with E-state index >= 15 is 0 Å². The summed E-state index contributed by atoms with van der Waals surface area (Å²) in [7, 11) is 0. The molecule has 1 atom stereocenters. The lowest BCUT2D eigenvalue weighted by atomic mass is 9.89. The molecular formula is C9H17N. The number of nitrogens with two attached hydrogens (primary N) is 1. The standard InChI is InChI=1S/C9H17N/c1-5-8(10)6-7-9(2,3)4/h1,8H,6-7,10H2,2-4H3. The van der Waals surface area contributed by atoms with Gasteiger partial charge in [-0.1, -0.05) is 26.7 Å². The van der Waals surface area contributed by atoms with Crippen LogP contribution >= 0.6 is 0 Å². The van der Waals surface area contributed by atoms with Gasteiger partial charge in [-0.05, 0) is 18.3 Å². The van der Waals surface area contributed by atoms with Crippen LogP contribution in [-0.2, 0) is 0 Å². The van der Waals surface area contributed by atoms with Crippen LogP contribution < -0.4 is 5.73 Å². The lowest BCUT2D eigenvalue weighted by Gasteiger charge is -2.18. The number of hydrogen-bond acceptors (Lipinski definition) is 1. The summed E-state index contributed by atoms with van der Waals surface area (Å²) in [6.07, 6.45) is 7.15. The van der Waals surface area contributed by atoms with Crippen molar-refractivity contribution in [3.63, 3.8) is 0 Å². The average Bonchev–Trinajstić information content (AvgIpc) is 1.81. The van der Waals surface area contributed by atoms with E-state index in [4.69, 9.17) is 12.2 Å². The first-order chi connectivity index (χ1) is 4.45. The molecule has 0 rings (SSSR count). The van der Waals surface area contributed by atoms with Gasteiger partial charge >= 0.3 is 0 Å². The van der Waals surface area contributed by atoms with Crippen molar-refractivity contribution < 1.29 is 0 Å². The molecule has 0 aromatic carbocycles. The first kappa shape index (κ1) is 9.52. The summed E-state index contributed by atoms with van der Waals surface area (Å²) < 4.78 is 0. The van der Waals surface area contributed by atoms with Gasteiger partial charge in [-0.15, -0.1) is 6.42 Å². The van der Waals surface area contributed by atoms with Crippen molar-refractivity contribution in [2.75, 3.05) is 0 Å². The van der Waals surface area contributed by atoms with Crippen molar-refractivity contribution in [3.05, 3.63) is 0 Å². The van der Waals surface area contributed by atoms with E-state index in [1.165, 1.54) is 0 Å². The minimum atomic E-state index is -0.0563. The van der Waals surface area contributed by atoms with Crippen LogP contribution in [0.25, 0.3) is 0 Å². The fourth-order valence-electron chi connectivity index (χ4n) is 0.672. The zero-order valence-electron chi connectivity index (χ0n) is 7.15. The number of terminal acetylenes is 1. The van der Waals surface area contributed by atoms with Gasteiger partial charge in [-0.2, -0.15) is 0 Å². The Balaban J connectivity index is 3.48. The monoisotopic (exact) mass is 139 g/mol. The fraction of sp³-hybridized carbons (Fsp3) is 0.778. The molecule has 0 amide bonds. The molecule has 0 aliphatic carbocycles. The fourth-order valence-corrected chi connectivity index (χ4v) is 0.672. The van der Waals surface area contributed by atoms with Crippen molar-refractivity contribution in [1.82, 2.24) is 0 Å². The van der Waals surface area contributed by atoms with Gasteiger partial charge in [0.2, 0.25) is 0 Å². The second-order valence-electron chi connectivity index (χ2n) is 3.87. The second kappa shape index (κ2) is 3.63. The van der Waals surface area contributed by atoms with Gasteiger partial charge in [0, 0.05) is 0 Å². The summed E-state index contributed by atoms with van der Waals surface area (Å²) >= 11 is 0. The van der Waals surface area contributed by atoms with Crippen LogP contribution in [0.2, 0.25) is 0 Å². The molecule has 0 heterocycles. The zero-order valence-corrected chi connectivity index (χ0v) is 7.15. The second-order valence-corrected chi connectivity index (χ2v) is 3.87. The molecule has 1 nitrogen and oxygen atoms in total. The van der Waals surface area contributed by atoms with Crippen LogP contribution in [0.5, 0.6) is 0 Å². The first-order valence-corrected chi connectivity index (χ1v) is 3.67. The molecule has 0 saturated carbocycles. The molecule has 58 valence electrons. The molecule has 1 unspecified atom stereocenters. The minimum Gasteiger partial charge on any atom is -0.318 e. The van der Waals surface area contributed by atoms with E-state index in [0.29, 0.717) is 5.41 Å². The van der Waals surface area contributed by atoms with Gasteiger partial charge in [-0.3, -0.25) is 0 Å². The van der Waals surface area contributed by atoms with Crippen LogP contribution in [0.1, 0.15) is 33.6 Å². The third kappa shape index (κ3) is 5.65. The number of rotatable bonds is 2. The van der Waals surface area contributed by atoms with Crippen LogP contribution in [0.4, 0.5) is 0 Å². The zero-order chi connectivity index (χ0) is 8.20. The van der Waals surface area contributed by atoms with Crippen molar-refractivity contribution in [1.29, 1.82) is 0 Å². The minimum absolute atomic E-state index is 0.0563. The van der Waals surface area contributed by atoms with E-state index in [0.717, 1.165) is 12.8 Å². The topological polar surface area (TPSA) is 26.0 Å². The van der Waals surface area contributed by atoms with Crippen LogP contribution in [-0.4, -0.2) is 6.04 Å². The van der Waals surface area contributed by atoms with Gasteiger partial charge < -0.3 is 5.73 Å². The number of hydrogen-bond donors (Lipinski definition) is 1. The van der Waals surface area contributed by atoms with Gasteiger partial charge in [0.1, 0.15) is 0 Å². The molecule has 0 aromatic rings. The maximum atomic E-state index is 5.54. The summed E-state index contributed by atoms with van der Waals surface area (Å²) in [6, 6.07) is -0.0563. The van der Waals surface area contributed by atoms with E-state index in [1.807, 2.05) is 0 Å². The van der Waals surface area contributed by atoms with Crippen molar-refractivity contribution in [3.8, 4) is 12.3 Å². The third-order valence-corrected chi connectivity index (χ3v) is 1.42. The van der Waals surface area contributed by atoms with E-state index in [9.17, 15) is 0 Å². The smallest absolute Gasteiger partial charge is 0.0662 e. The predicted octanol–water partition coefficient (Wildman–Crippen LogP) is 1.77. The Kier molecular flexibility index (Phi) is 3.46. The quantitative estimate of drug-likeness (QED) is 0.580. The summed E-state index contributed by atoms with van der Waals surface area (Å²) in [4.78, 5) is 0. The summed E-state index contributed by atoms with van der Waals surface area (Å²) in [5.74, 6) is 2.52. The molecule has 10 heavy (non-hydrogen) atoms. The molecule has 1 heteroatoms. The van der Waals surface area contributed by atoms with Crippen molar-refractivity contribution >= 4 is 0 Å². The molecule has 0 radical (unpaired) electrons. The van der Waals surface area contributed by atoms with Crippen LogP contribution in [0, 0.1) is 17.8 Å². The highest BCUT2D eigenvalue weighted by molar-refractivity contribution is 4.96. The largest absolute Gasteiger partial charge is 0.318 e. The molecule has 0 saturated heterocycles. The molecule has 0 fully saturated rings. The Morgan fingerprint density at radius 1 is 1.50 bits per heavy atom. The lowest BCUT2D eigenvalue weighted by Crippen LogP contribution is -2.19. The normalized spacial score (nSPS) is 14.3. The lowest BCUT2D eigenvalue weighted by molar-refractivity contribution is 0.360. The van der Waals surface area contributed by atoms with Crippen LogP contribution in [0.3, 0.4) is 0 Å². The molecule has 0 aromatic heterocycles. The van der Waals surface area contributed by atoms with Gasteiger partial charge in [0.25, 0.3) is 0 Å². The Hall–Kier alpha value is -0.480. The Morgan fingerprint density at radius 2 is 2.00 bits per heavy atom. The summed E-state index contributed by atoms with van der Waals surface area (Å²) in [5, 5.41) is 0. The highest BCUT2D eigenvalue weighted by Crippen LogP contribution is 2.20. The first-order valence-electron chi connectivity index (χ1n) is 3.67. The van der Waals surface area contributed by atoms with Gasteiger partial charge in [0.15, 0.2) is 0 Å². The highest BCUT2D eigenvalue weighted by Gasteiger charge is 2.10. The van der Waals surface area contributed by atoms with Crippen molar-refractivity contribution in [2.24, 2.45) is 11.1 Å². The molecule has 0 spiro atoms. The molecular weight excluding hydrogens is 122 g/mol. The van der Waals surface area contributed by atoms with E-state index in [-0.39, 0.29) is 6.04 Å². The summed E-state index contributed by atoms with van der Waals surface area (Å²) in [5.41, 5.74) is 5.90. The van der Waals surface area contributed by atoms with E-state index < -0.39 is 0 Å². The maximum absolute atomic E-state index is 5.54. The third-order valence-electron chi connectivity index (χ3n) is 1.42. The van der Waals surface area contributed by atoms with Crippen molar-refractivity contribution in [2.45, 2.75) is 39.7 Å². The molecule has 0 aliphatic rings. The van der Waals surface area contributed by atoms with Gasteiger partial charge in [-0.25, -0.2) is 0 Å². The Labute approximate surface area is 64.0 Å². The van der Waals surface area contributed by atoms with Crippen LogP contribution in [0.15, 0.2) is 0 Å².